The van der Waals surface area contributed by atoms with E-state index in [2.05, 4.69) is 25.8 Å². The lowest BCUT2D eigenvalue weighted by Gasteiger charge is -2.13. The number of oxazole rings is 1. The molecule has 1 aromatic heterocycles. The minimum atomic E-state index is -0.383. The van der Waals surface area contributed by atoms with Gasteiger partial charge in [-0.25, -0.2) is 0 Å². The van der Waals surface area contributed by atoms with Crippen LogP contribution in [0.15, 0.2) is 33.8 Å². The number of ether oxygens (including phenoxy) is 2. The maximum atomic E-state index is 12.8. The van der Waals surface area contributed by atoms with Crippen LogP contribution >= 0.6 is 0 Å². The number of nitrogens with zero attached hydrogens (tertiary/aromatic N) is 2. The molecule has 6 nitrogen and oxygen atoms in total. The summed E-state index contributed by atoms with van der Waals surface area (Å²) in [5.74, 6) is 0.900. The fraction of sp³-hybridized carbons (Fsp3) is 0.524. The molecule has 1 saturated heterocycles. The van der Waals surface area contributed by atoms with E-state index in [0.29, 0.717) is 23.5 Å². The Morgan fingerprint density at radius 2 is 2.15 bits per heavy atom. The van der Waals surface area contributed by atoms with Crippen molar-refractivity contribution < 1.29 is 18.7 Å². The Labute approximate surface area is 159 Å². The van der Waals surface area contributed by atoms with Crippen LogP contribution in [-0.4, -0.2) is 30.3 Å². The van der Waals surface area contributed by atoms with Crippen molar-refractivity contribution in [3.8, 4) is 5.75 Å². The Morgan fingerprint density at radius 3 is 2.78 bits per heavy atom. The van der Waals surface area contributed by atoms with Crippen molar-refractivity contribution >= 4 is 5.91 Å². The van der Waals surface area contributed by atoms with Crippen molar-refractivity contribution in [3.63, 3.8) is 0 Å². The van der Waals surface area contributed by atoms with Gasteiger partial charge in [0, 0.05) is 18.2 Å². The van der Waals surface area contributed by atoms with E-state index in [1.807, 2.05) is 23.8 Å². The van der Waals surface area contributed by atoms with E-state index in [-0.39, 0.29) is 17.4 Å². The largest absolute Gasteiger partial charge is 0.496 e. The Balaban J connectivity index is 2.02. The molecule has 0 aliphatic carbocycles. The van der Waals surface area contributed by atoms with Gasteiger partial charge in [0.1, 0.15) is 11.5 Å². The van der Waals surface area contributed by atoms with Gasteiger partial charge in [-0.05, 0) is 31.9 Å². The quantitative estimate of drug-likeness (QED) is 0.822. The zero-order valence-electron chi connectivity index (χ0n) is 16.7. The standard InChI is InChI=1S/C21H28N2O4/c1-14-8-9-17(25-5)16(11-14)19(24)22-20-23(12-15-7-6-10-26-15)13-18(27-20)21(2,3)4/h8-9,11,13,15H,6-7,10,12H2,1-5H3/t15-/m1/s1. The molecular formula is C21H28N2O4. The van der Waals surface area contributed by atoms with Crippen LogP contribution in [0.3, 0.4) is 0 Å². The molecule has 1 atom stereocenters. The van der Waals surface area contributed by atoms with Gasteiger partial charge in [-0.3, -0.25) is 9.36 Å². The molecule has 2 heterocycles. The molecule has 0 spiro atoms. The second kappa shape index (κ2) is 7.72. The van der Waals surface area contributed by atoms with Crippen LogP contribution in [0, 0.1) is 6.92 Å². The molecule has 1 aromatic carbocycles. The average Bonchev–Trinajstić information content (AvgIpc) is 3.25. The number of aromatic nitrogens is 1. The lowest BCUT2D eigenvalue weighted by Crippen LogP contribution is -2.24. The van der Waals surface area contributed by atoms with E-state index in [1.165, 1.54) is 0 Å². The summed E-state index contributed by atoms with van der Waals surface area (Å²) in [5.41, 5.74) is 1.51. The van der Waals surface area contributed by atoms with Crippen molar-refractivity contribution in [1.82, 2.24) is 4.57 Å². The van der Waals surface area contributed by atoms with Crippen molar-refractivity contribution in [2.24, 2.45) is 4.99 Å². The maximum Gasteiger partial charge on any atom is 0.305 e. The minimum absolute atomic E-state index is 0.123. The normalized spacial score (nSPS) is 18.1. The molecule has 1 amide bonds. The van der Waals surface area contributed by atoms with Gasteiger partial charge in [0.15, 0.2) is 0 Å². The summed E-state index contributed by atoms with van der Waals surface area (Å²) in [4.78, 5) is 17.1. The predicted molar refractivity (Wildman–Crippen MR) is 102 cm³/mol. The Hall–Kier alpha value is -2.34. The van der Waals surface area contributed by atoms with E-state index in [0.717, 1.165) is 30.8 Å². The van der Waals surface area contributed by atoms with E-state index in [4.69, 9.17) is 13.9 Å². The van der Waals surface area contributed by atoms with Gasteiger partial charge in [-0.1, -0.05) is 32.4 Å². The van der Waals surface area contributed by atoms with Crippen LogP contribution in [0.4, 0.5) is 0 Å². The number of carbonyl (C=O) groups is 1. The molecule has 146 valence electrons. The first-order valence-electron chi connectivity index (χ1n) is 9.34. The van der Waals surface area contributed by atoms with E-state index >= 15 is 0 Å². The molecule has 0 unspecified atom stereocenters. The summed E-state index contributed by atoms with van der Waals surface area (Å²) in [6.45, 7) is 9.53. The number of hydrogen-bond donors (Lipinski definition) is 0. The van der Waals surface area contributed by atoms with Gasteiger partial charge in [0.2, 0.25) is 0 Å². The fourth-order valence-corrected chi connectivity index (χ4v) is 3.09. The second-order valence-electron chi connectivity index (χ2n) is 8.04. The number of amides is 1. The summed E-state index contributed by atoms with van der Waals surface area (Å²) >= 11 is 0. The third-order valence-corrected chi connectivity index (χ3v) is 4.67. The van der Waals surface area contributed by atoms with Crippen LogP contribution < -0.4 is 10.4 Å². The van der Waals surface area contributed by atoms with Crippen LogP contribution in [0.5, 0.6) is 5.75 Å². The number of methoxy groups -OCH3 is 1. The maximum absolute atomic E-state index is 12.8. The van der Waals surface area contributed by atoms with Crippen LogP contribution in [0.1, 0.15) is 55.3 Å². The first-order valence-corrected chi connectivity index (χ1v) is 9.34. The van der Waals surface area contributed by atoms with Gasteiger partial charge in [-0.2, -0.15) is 4.99 Å². The van der Waals surface area contributed by atoms with Crippen molar-refractivity contribution in [1.29, 1.82) is 0 Å². The topological polar surface area (TPSA) is 66.0 Å². The zero-order chi connectivity index (χ0) is 19.6. The monoisotopic (exact) mass is 372 g/mol. The lowest BCUT2D eigenvalue weighted by molar-refractivity contribution is 0.0930. The molecule has 1 aliphatic rings. The highest BCUT2D eigenvalue weighted by atomic mass is 16.5. The fourth-order valence-electron chi connectivity index (χ4n) is 3.09. The molecule has 27 heavy (non-hydrogen) atoms. The molecule has 0 N–H and O–H groups in total. The molecule has 6 heteroatoms. The smallest absolute Gasteiger partial charge is 0.305 e. The average molecular weight is 372 g/mol. The highest BCUT2D eigenvalue weighted by Crippen LogP contribution is 2.23. The highest BCUT2D eigenvalue weighted by molar-refractivity contribution is 5.97. The van der Waals surface area contributed by atoms with Gasteiger partial charge < -0.3 is 13.9 Å². The molecule has 1 aliphatic heterocycles. The third-order valence-electron chi connectivity index (χ3n) is 4.67. The van der Waals surface area contributed by atoms with Crippen molar-refractivity contribution in [3.05, 3.63) is 47.0 Å². The van der Waals surface area contributed by atoms with E-state index in [9.17, 15) is 4.79 Å². The molecular weight excluding hydrogens is 344 g/mol. The SMILES string of the molecule is COc1ccc(C)cc1C(=O)N=c1oc(C(C)(C)C)cn1C[C@H]1CCCO1. The molecule has 0 bridgehead atoms. The van der Waals surface area contributed by atoms with Crippen molar-refractivity contribution in [2.75, 3.05) is 13.7 Å². The van der Waals surface area contributed by atoms with Gasteiger partial charge in [0.25, 0.3) is 5.91 Å². The highest BCUT2D eigenvalue weighted by Gasteiger charge is 2.23. The Morgan fingerprint density at radius 1 is 1.37 bits per heavy atom. The molecule has 3 rings (SSSR count). The molecule has 2 aromatic rings. The molecule has 0 saturated carbocycles. The van der Waals surface area contributed by atoms with Crippen molar-refractivity contribution in [2.45, 2.75) is 58.6 Å². The number of benzene rings is 1. The Kier molecular flexibility index (Phi) is 5.56. The van der Waals surface area contributed by atoms with Crippen LogP contribution in [0.2, 0.25) is 0 Å². The summed E-state index contributed by atoms with van der Waals surface area (Å²) in [5, 5.41) is 0. The Bertz CT molecular complexity index is 880. The molecule has 1 fully saturated rings. The second-order valence-corrected chi connectivity index (χ2v) is 8.04. The zero-order valence-corrected chi connectivity index (χ0v) is 16.7. The molecule has 0 radical (unpaired) electrons. The first-order chi connectivity index (χ1) is 12.8. The third kappa shape index (κ3) is 4.50. The van der Waals surface area contributed by atoms with Crippen LogP contribution in [-0.2, 0) is 16.7 Å². The minimum Gasteiger partial charge on any atom is -0.496 e. The predicted octanol–water partition coefficient (Wildman–Crippen LogP) is 3.62. The van der Waals surface area contributed by atoms with Gasteiger partial charge in [-0.15, -0.1) is 0 Å². The van der Waals surface area contributed by atoms with Gasteiger partial charge in [0.05, 0.1) is 25.3 Å². The first kappa shape index (κ1) is 19.4. The number of carbonyl (C=O) groups excluding carboxylic acids is 1. The summed E-state index contributed by atoms with van der Waals surface area (Å²) in [6, 6.07) is 5.46. The summed E-state index contributed by atoms with van der Waals surface area (Å²) in [7, 11) is 1.55. The summed E-state index contributed by atoms with van der Waals surface area (Å²) < 4.78 is 18.9. The number of aryl methyl sites for hydroxylation is 1. The van der Waals surface area contributed by atoms with Gasteiger partial charge >= 0.3 is 5.68 Å². The summed E-state index contributed by atoms with van der Waals surface area (Å²) in [6.07, 6.45) is 4.11. The number of rotatable bonds is 4. The van der Waals surface area contributed by atoms with E-state index in [1.54, 1.807) is 19.2 Å². The van der Waals surface area contributed by atoms with Crippen LogP contribution in [0.25, 0.3) is 0 Å². The van der Waals surface area contributed by atoms with E-state index < -0.39 is 0 Å². The lowest BCUT2D eigenvalue weighted by atomic mass is 9.94. The number of hydrogen-bond acceptors (Lipinski definition) is 4.